The Morgan fingerprint density at radius 3 is 2.78 bits per heavy atom. The molecule has 0 saturated carbocycles. The lowest BCUT2D eigenvalue weighted by atomic mass is 10.7. The lowest BCUT2D eigenvalue weighted by Crippen LogP contribution is -1.97. The summed E-state index contributed by atoms with van der Waals surface area (Å²) in [6.45, 7) is 8.92. The molecule has 0 aliphatic heterocycles. The SMILES string of the molecule is C=CCO[CH]COCC. The van der Waals surface area contributed by atoms with E-state index in [1.54, 1.807) is 12.7 Å². The van der Waals surface area contributed by atoms with Gasteiger partial charge in [-0.25, -0.2) is 0 Å². The maximum absolute atomic E-state index is 4.97. The average molecular weight is 129 g/mol. The quantitative estimate of drug-likeness (QED) is 0.398. The first-order valence-electron chi connectivity index (χ1n) is 3.03. The molecule has 0 aromatic rings. The maximum atomic E-state index is 4.97. The molecule has 0 aromatic heterocycles. The fraction of sp³-hybridized carbons (Fsp3) is 0.571. The molecule has 0 unspecified atom stereocenters. The Morgan fingerprint density at radius 1 is 1.44 bits per heavy atom. The molecule has 0 aromatic carbocycles. The predicted octanol–water partition coefficient (Wildman–Crippen LogP) is 1.39. The third-order valence-electron chi connectivity index (χ3n) is 0.722. The summed E-state index contributed by atoms with van der Waals surface area (Å²) in [7, 11) is 0. The van der Waals surface area contributed by atoms with Crippen molar-refractivity contribution >= 4 is 0 Å². The Bertz CT molecular complexity index is 61.9. The average Bonchev–Trinajstić information content (AvgIpc) is 1.89. The van der Waals surface area contributed by atoms with Crippen LogP contribution in [0.1, 0.15) is 6.92 Å². The van der Waals surface area contributed by atoms with E-state index in [1.807, 2.05) is 6.92 Å². The molecule has 0 N–H and O–H groups in total. The maximum Gasteiger partial charge on any atom is 0.110 e. The van der Waals surface area contributed by atoms with Gasteiger partial charge in [-0.1, -0.05) is 6.08 Å². The molecule has 0 aliphatic carbocycles. The summed E-state index contributed by atoms with van der Waals surface area (Å²) < 4.78 is 9.88. The van der Waals surface area contributed by atoms with E-state index in [9.17, 15) is 0 Å². The minimum atomic E-state index is 0.560. The Hall–Kier alpha value is -0.340. The van der Waals surface area contributed by atoms with Crippen LogP contribution >= 0.6 is 0 Å². The van der Waals surface area contributed by atoms with Gasteiger partial charge in [-0.2, -0.15) is 0 Å². The molecule has 0 aliphatic rings. The van der Waals surface area contributed by atoms with Gasteiger partial charge in [-0.05, 0) is 6.92 Å². The van der Waals surface area contributed by atoms with Gasteiger partial charge < -0.3 is 9.47 Å². The van der Waals surface area contributed by atoms with Crippen LogP contribution in [0.15, 0.2) is 12.7 Å². The fourth-order valence-electron chi connectivity index (χ4n) is 0.350. The first-order chi connectivity index (χ1) is 4.41. The zero-order valence-electron chi connectivity index (χ0n) is 5.80. The van der Waals surface area contributed by atoms with Crippen molar-refractivity contribution in [3.05, 3.63) is 19.3 Å². The Morgan fingerprint density at radius 2 is 2.22 bits per heavy atom. The lowest BCUT2D eigenvalue weighted by molar-refractivity contribution is 0.107. The highest BCUT2D eigenvalue weighted by Crippen LogP contribution is 1.83. The second kappa shape index (κ2) is 7.66. The molecule has 0 spiro atoms. The summed E-state index contributed by atoms with van der Waals surface area (Å²) in [6.07, 6.45) is 1.70. The summed E-state index contributed by atoms with van der Waals surface area (Å²) in [5.41, 5.74) is 0. The van der Waals surface area contributed by atoms with E-state index >= 15 is 0 Å². The zero-order valence-corrected chi connectivity index (χ0v) is 5.80. The van der Waals surface area contributed by atoms with Crippen molar-refractivity contribution in [2.45, 2.75) is 6.92 Å². The Balaban J connectivity index is 2.66. The third-order valence-corrected chi connectivity index (χ3v) is 0.722. The van der Waals surface area contributed by atoms with Gasteiger partial charge in [0.2, 0.25) is 0 Å². The van der Waals surface area contributed by atoms with Crippen LogP contribution in [0.25, 0.3) is 0 Å². The molecule has 0 saturated heterocycles. The van der Waals surface area contributed by atoms with E-state index in [-0.39, 0.29) is 0 Å². The number of hydrogen-bond donors (Lipinski definition) is 0. The first-order valence-corrected chi connectivity index (χ1v) is 3.03. The Labute approximate surface area is 56.5 Å². The van der Waals surface area contributed by atoms with Crippen LogP contribution in [-0.2, 0) is 9.47 Å². The lowest BCUT2D eigenvalue weighted by Gasteiger charge is -1.98. The summed E-state index contributed by atoms with van der Waals surface area (Å²) in [5, 5.41) is 0. The summed E-state index contributed by atoms with van der Waals surface area (Å²) in [4.78, 5) is 0. The smallest absolute Gasteiger partial charge is 0.110 e. The molecule has 0 amide bonds. The standard InChI is InChI=1S/C7H13O2/c1-3-5-9-7-6-8-4-2/h3,7H,1,4-6H2,2H3. The molecule has 53 valence electrons. The highest BCUT2D eigenvalue weighted by molar-refractivity contribution is 4.65. The molecule has 0 rings (SSSR count). The minimum Gasteiger partial charge on any atom is -0.379 e. The van der Waals surface area contributed by atoms with Gasteiger partial charge in [-0.3, -0.25) is 0 Å². The normalized spacial score (nSPS) is 9.44. The van der Waals surface area contributed by atoms with Crippen molar-refractivity contribution in [2.75, 3.05) is 19.8 Å². The van der Waals surface area contributed by atoms with Crippen molar-refractivity contribution in [3.8, 4) is 0 Å². The van der Waals surface area contributed by atoms with Crippen molar-refractivity contribution in [1.29, 1.82) is 0 Å². The molecule has 0 atom stereocenters. The highest BCUT2D eigenvalue weighted by atomic mass is 16.5. The van der Waals surface area contributed by atoms with E-state index in [0.29, 0.717) is 13.2 Å². The largest absolute Gasteiger partial charge is 0.379 e. The highest BCUT2D eigenvalue weighted by Gasteiger charge is 1.83. The van der Waals surface area contributed by atoms with Crippen molar-refractivity contribution in [2.24, 2.45) is 0 Å². The van der Waals surface area contributed by atoms with Gasteiger partial charge in [0, 0.05) is 6.61 Å². The minimum absolute atomic E-state index is 0.560. The fourth-order valence-corrected chi connectivity index (χ4v) is 0.350. The molecule has 0 fully saturated rings. The van der Waals surface area contributed by atoms with Crippen LogP contribution in [0.2, 0.25) is 0 Å². The van der Waals surface area contributed by atoms with Crippen LogP contribution in [0.5, 0.6) is 0 Å². The van der Waals surface area contributed by atoms with Crippen molar-refractivity contribution < 1.29 is 9.47 Å². The summed E-state index contributed by atoms with van der Waals surface area (Å²) in [5.74, 6) is 0. The first kappa shape index (κ1) is 8.66. The van der Waals surface area contributed by atoms with E-state index in [0.717, 1.165) is 6.61 Å². The van der Waals surface area contributed by atoms with Crippen molar-refractivity contribution in [3.63, 3.8) is 0 Å². The molecule has 1 radical (unpaired) electrons. The van der Waals surface area contributed by atoms with E-state index in [1.165, 1.54) is 0 Å². The van der Waals surface area contributed by atoms with Gasteiger partial charge in [0.15, 0.2) is 0 Å². The van der Waals surface area contributed by atoms with E-state index in [4.69, 9.17) is 9.47 Å². The van der Waals surface area contributed by atoms with Crippen LogP contribution < -0.4 is 0 Å². The molecule has 2 nitrogen and oxygen atoms in total. The van der Waals surface area contributed by atoms with Gasteiger partial charge in [-0.15, -0.1) is 6.58 Å². The topological polar surface area (TPSA) is 18.5 Å². The third kappa shape index (κ3) is 7.66. The van der Waals surface area contributed by atoms with Crippen LogP contribution in [0, 0.1) is 6.61 Å². The van der Waals surface area contributed by atoms with Crippen LogP contribution in [0.3, 0.4) is 0 Å². The van der Waals surface area contributed by atoms with E-state index < -0.39 is 0 Å². The van der Waals surface area contributed by atoms with Gasteiger partial charge >= 0.3 is 0 Å². The molecule has 0 heterocycles. The zero-order chi connectivity index (χ0) is 6.95. The summed E-state index contributed by atoms with van der Waals surface area (Å²) in [6, 6.07) is 0. The predicted molar refractivity (Wildman–Crippen MR) is 36.9 cm³/mol. The van der Waals surface area contributed by atoms with E-state index in [2.05, 4.69) is 6.58 Å². The molecule has 2 heteroatoms. The molecular weight excluding hydrogens is 116 g/mol. The second-order valence-corrected chi connectivity index (χ2v) is 1.45. The molecule has 0 bridgehead atoms. The Kier molecular flexibility index (Phi) is 7.37. The van der Waals surface area contributed by atoms with Crippen LogP contribution in [-0.4, -0.2) is 19.8 Å². The van der Waals surface area contributed by atoms with Gasteiger partial charge in [0.1, 0.15) is 6.61 Å². The monoisotopic (exact) mass is 129 g/mol. The van der Waals surface area contributed by atoms with Crippen molar-refractivity contribution in [1.82, 2.24) is 0 Å². The molecular formula is C7H13O2. The number of hydrogen-bond acceptors (Lipinski definition) is 2. The van der Waals surface area contributed by atoms with Crippen LogP contribution in [0.4, 0.5) is 0 Å². The van der Waals surface area contributed by atoms with Gasteiger partial charge in [0.05, 0.1) is 13.2 Å². The molecule has 9 heavy (non-hydrogen) atoms. The summed E-state index contributed by atoms with van der Waals surface area (Å²) >= 11 is 0. The number of ether oxygens (including phenoxy) is 2. The number of rotatable bonds is 6. The van der Waals surface area contributed by atoms with Gasteiger partial charge in [0.25, 0.3) is 0 Å². The second-order valence-electron chi connectivity index (χ2n) is 1.45.